The SMILES string of the molecule is COc1ccc(/C=C/C(=O)NCCCCNC(=N)NCC=C(C)C)cc1OC. The lowest BCUT2D eigenvalue weighted by Gasteiger charge is -2.09. The van der Waals surface area contributed by atoms with Crippen LogP contribution in [0, 0.1) is 5.41 Å². The van der Waals surface area contributed by atoms with Crippen molar-refractivity contribution in [2.24, 2.45) is 0 Å². The number of unbranched alkanes of at least 4 members (excludes halogenated alkanes) is 1. The van der Waals surface area contributed by atoms with Gasteiger partial charge in [-0.15, -0.1) is 0 Å². The van der Waals surface area contributed by atoms with Gasteiger partial charge < -0.3 is 25.4 Å². The van der Waals surface area contributed by atoms with Crippen LogP contribution in [0.2, 0.25) is 0 Å². The Hall–Kier alpha value is -2.96. The zero-order valence-corrected chi connectivity index (χ0v) is 17.2. The van der Waals surface area contributed by atoms with E-state index in [0.717, 1.165) is 18.4 Å². The second kappa shape index (κ2) is 13.2. The van der Waals surface area contributed by atoms with Crippen LogP contribution in [-0.2, 0) is 4.79 Å². The van der Waals surface area contributed by atoms with Crippen LogP contribution in [0.3, 0.4) is 0 Å². The van der Waals surface area contributed by atoms with E-state index in [2.05, 4.69) is 16.0 Å². The summed E-state index contributed by atoms with van der Waals surface area (Å²) in [7, 11) is 3.16. The van der Waals surface area contributed by atoms with Gasteiger partial charge in [-0.1, -0.05) is 17.7 Å². The molecule has 0 aliphatic heterocycles. The minimum absolute atomic E-state index is 0.140. The van der Waals surface area contributed by atoms with E-state index in [0.29, 0.717) is 37.1 Å². The number of ether oxygens (including phenoxy) is 2. The Bertz CT molecular complexity index is 695. The molecule has 0 heterocycles. The molecule has 0 fully saturated rings. The van der Waals surface area contributed by atoms with Crippen molar-refractivity contribution in [3.05, 3.63) is 41.5 Å². The first kappa shape index (κ1) is 23.1. The maximum atomic E-state index is 11.9. The molecule has 0 atom stereocenters. The molecule has 4 N–H and O–H groups in total. The van der Waals surface area contributed by atoms with Crippen molar-refractivity contribution in [1.82, 2.24) is 16.0 Å². The number of nitrogens with one attached hydrogen (secondary N) is 4. The van der Waals surface area contributed by atoms with Crippen molar-refractivity contribution >= 4 is 17.9 Å². The Morgan fingerprint density at radius 2 is 1.71 bits per heavy atom. The molecule has 1 aromatic carbocycles. The molecule has 0 spiro atoms. The largest absolute Gasteiger partial charge is 0.493 e. The van der Waals surface area contributed by atoms with Crippen LogP contribution >= 0.6 is 0 Å². The first-order valence-corrected chi connectivity index (χ1v) is 9.34. The van der Waals surface area contributed by atoms with Crippen molar-refractivity contribution in [3.63, 3.8) is 0 Å². The number of carbonyl (C=O) groups excluding carboxylic acids is 1. The lowest BCUT2D eigenvalue weighted by atomic mass is 10.2. The Kier molecular flexibility index (Phi) is 10.9. The van der Waals surface area contributed by atoms with Crippen LogP contribution < -0.4 is 25.4 Å². The Balaban J connectivity index is 2.21. The van der Waals surface area contributed by atoms with Crippen molar-refractivity contribution in [3.8, 4) is 11.5 Å². The number of guanidine groups is 1. The van der Waals surface area contributed by atoms with Gasteiger partial charge >= 0.3 is 0 Å². The summed E-state index contributed by atoms with van der Waals surface area (Å²) in [6.07, 6.45) is 6.97. The van der Waals surface area contributed by atoms with Gasteiger partial charge in [-0.2, -0.15) is 0 Å². The van der Waals surface area contributed by atoms with Gasteiger partial charge in [-0.25, -0.2) is 0 Å². The molecular weight excluding hydrogens is 356 g/mol. The number of benzene rings is 1. The summed E-state index contributed by atoms with van der Waals surface area (Å²) in [5.41, 5.74) is 2.08. The molecule has 0 unspecified atom stereocenters. The van der Waals surface area contributed by atoms with Gasteiger partial charge in [-0.3, -0.25) is 10.2 Å². The Morgan fingerprint density at radius 1 is 1.04 bits per heavy atom. The van der Waals surface area contributed by atoms with Crippen LogP contribution in [0.5, 0.6) is 11.5 Å². The molecular formula is C21H32N4O3. The average molecular weight is 389 g/mol. The molecule has 0 saturated heterocycles. The fourth-order valence-corrected chi connectivity index (χ4v) is 2.28. The van der Waals surface area contributed by atoms with Crippen LogP contribution in [0.25, 0.3) is 6.08 Å². The van der Waals surface area contributed by atoms with E-state index < -0.39 is 0 Å². The lowest BCUT2D eigenvalue weighted by Crippen LogP contribution is -2.37. The molecule has 28 heavy (non-hydrogen) atoms. The summed E-state index contributed by atoms with van der Waals surface area (Å²) in [4.78, 5) is 11.9. The van der Waals surface area contributed by atoms with Gasteiger partial charge in [0.15, 0.2) is 17.5 Å². The van der Waals surface area contributed by atoms with Crippen molar-refractivity contribution in [2.45, 2.75) is 26.7 Å². The van der Waals surface area contributed by atoms with E-state index in [9.17, 15) is 4.79 Å². The van der Waals surface area contributed by atoms with Crippen LogP contribution in [0.4, 0.5) is 0 Å². The quantitative estimate of drug-likeness (QED) is 0.154. The molecule has 1 amide bonds. The molecule has 154 valence electrons. The zero-order valence-electron chi connectivity index (χ0n) is 17.2. The van der Waals surface area contributed by atoms with E-state index in [1.54, 1.807) is 26.4 Å². The summed E-state index contributed by atoms with van der Waals surface area (Å²) in [6.45, 7) is 5.98. The normalized spacial score (nSPS) is 10.3. The highest BCUT2D eigenvalue weighted by molar-refractivity contribution is 5.91. The van der Waals surface area contributed by atoms with Crippen LogP contribution in [0.15, 0.2) is 35.9 Å². The van der Waals surface area contributed by atoms with Crippen LogP contribution in [-0.4, -0.2) is 45.7 Å². The van der Waals surface area contributed by atoms with Gasteiger partial charge in [0.05, 0.1) is 14.2 Å². The summed E-state index contributed by atoms with van der Waals surface area (Å²) in [6, 6.07) is 5.47. The number of allylic oxidation sites excluding steroid dienone is 1. The third-order valence-corrected chi connectivity index (χ3v) is 3.83. The Morgan fingerprint density at radius 3 is 2.36 bits per heavy atom. The fraction of sp³-hybridized carbons (Fsp3) is 0.429. The predicted molar refractivity (Wildman–Crippen MR) is 114 cm³/mol. The van der Waals surface area contributed by atoms with Gasteiger partial charge in [0, 0.05) is 25.7 Å². The van der Waals surface area contributed by atoms with E-state index in [1.165, 1.54) is 11.6 Å². The molecule has 0 aliphatic carbocycles. The number of hydrogen-bond donors (Lipinski definition) is 4. The monoisotopic (exact) mass is 388 g/mol. The van der Waals surface area contributed by atoms with Crippen molar-refractivity contribution < 1.29 is 14.3 Å². The van der Waals surface area contributed by atoms with Gasteiger partial charge in [0.25, 0.3) is 0 Å². The van der Waals surface area contributed by atoms with Gasteiger partial charge in [0.1, 0.15) is 0 Å². The maximum absolute atomic E-state index is 11.9. The fourth-order valence-electron chi connectivity index (χ4n) is 2.28. The van der Waals surface area contributed by atoms with Crippen molar-refractivity contribution in [2.75, 3.05) is 33.9 Å². The molecule has 0 radical (unpaired) electrons. The molecule has 1 rings (SSSR count). The summed E-state index contributed by atoms with van der Waals surface area (Å²) >= 11 is 0. The zero-order chi connectivity index (χ0) is 20.8. The predicted octanol–water partition coefficient (Wildman–Crippen LogP) is 2.69. The molecule has 0 aliphatic rings. The number of rotatable bonds is 11. The van der Waals surface area contributed by atoms with E-state index in [4.69, 9.17) is 14.9 Å². The molecule has 7 nitrogen and oxygen atoms in total. The number of amides is 1. The molecule has 0 aromatic heterocycles. The standard InChI is InChI=1S/C21H32N4O3/c1-16(2)11-14-25-21(22)24-13-6-5-12-23-20(26)10-8-17-7-9-18(27-3)19(15-17)28-4/h7-11,15H,5-6,12-14H2,1-4H3,(H,23,26)(H3,22,24,25)/b10-8+. The highest BCUT2D eigenvalue weighted by Gasteiger charge is 2.03. The summed E-state index contributed by atoms with van der Waals surface area (Å²) in [5, 5.41) is 16.6. The number of hydrogen-bond acceptors (Lipinski definition) is 4. The van der Waals surface area contributed by atoms with E-state index in [1.807, 2.05) is 32.1 Å². The smallest absolute Gasteiger partial charge is 0.243 e. The van der Waals surface area contributed by atoms with E-state index >= 15 is 0 Å². The summed E-state index contributed by atoms with van der Waals surface area (Å²) < 4.78 is 10.4. The van der Waals surface area contributed by atoms with Crippen LogP contribution in [0.1, 0.15) is 32.3 Å². The molecule has 0 saturated carbocycles. The molecule has 0 bridgehead atoms. The third-order valence-electron chi connectivity index (χ3n) is 3.83. The van der Waals surface area contributed by atoms with Crippen molar-refractivity contribution in [1.29, 1.82) is 5.41 Å². The average Bonchev–Trinajstić information content (AvgIpc) is 2.68. The molecule has 7 heteroatoms. The van der Waals surface area contributed by atoms with Gasteiger partial charge in [-0.05, 0) is 50.5 Å². The third kappa shape index (κ3) is 9.66. The Labute approximate surface area is 167 Å². The highest BCUT2D eigenvalue weighted by atomic mass is 16.5. The maximum Gasteiger partial charge on any atom is 0.243 e. The molecule has 1 aromatic rings. The minimum Gasteiger partial charge on any atom is -0.493 e. The first-order valence-electron chi connectivity index (χ1n) is 9.34. The number of methoxy groups -OCH3 is 2. The van der Waals surface area contributed by atoms with E-state index in [-0.39, 0.29) is 5.91 Å². The number of carbonyl (C=O) groups is 1. The lowest BCUT2D eigenvalue weighted by molar-refractivity contribution is -0.116. The second-order valence-corrected chi connectivity index (χ2v) is 6.41. The highest BCUT2D eigenvalue weighted by Crippen LogP contribution is 2.27. The second-order valence-electron chi connectivity index (χ2n) is 6.41. The van der Waals surface area contributed by atoms with Gasteiger partial charge in [0.2, 0.25) is 5.91 Å². The topological polar surface area (TPSA) is 95.5 Å². The minimum atomic E-state index is -0.140. The first-order chi connectivity index (χ1) is 13.5. The summed E-state index contributed by atoms with van der Waals surface area (Å²) in [5.74, 6) is 1.45.